The van der Waals surface area contributed by atoms with E-state index in [4.69, 9.17) is 4.74 Å². The molecule has 160 valence electrons. The van der Waals surface area contributed by atoms with Crippen LogP contribution in [0.1, 0.15) is 56.3 Å². The molecule has 2 aliphatic heterocycles. The predicted octanol–water partition coefficient (Wildman–Crippen LogP) is 2.67. The molecule has 0 N–H and O–H groups in total. The fourth-order valence-corrected chi connectivity index (χ4v) is 5.37. The maximum atomic E-state index is 12.8. The first-order valence-electron chi connectivity index (χ1n) is 10.4. The van der Waals surface area contributed by atoms with Crippen molar-refractivity contribution in [3.05, 3.63) is 29.8 Å². The second kappa shape index (κ2) is 9.26. The van der Waals surface area contributed by atoms with Gasteiger partial charge in [-0.15, -0.1) is 0 Å². The normalized spacial score (nSPS) is 21.7. The standard InChI is InChI=1S/C21H30N2O5S/c1-16-10-13-22(14-11-16)29(26,27)19-8-6-18(7-9-19)21(25)28-15-20(24)23-12-4-3-5-17(23)2/h6-9,16-17H,3-5,10-15H2,1-2H3. The molecule has 0 radical (unpaired) electrons. The van der Waals surface area contributed by atoms with Crippen LogP contribution in [0.2, 0.25) is 0 Å². The van der Waals surface area contributed by atoms with Crippen molar-refractivity contribution in [2.75, 3.05) is 26.2 Å². The summed E-state index contributed by atoms with van der Waals surface area (Å²) >= 11 is 0. The number of nitrogens with zero attached hydrogens (tertiary/aromatic N) is 2. The Morgan fingerprint density at radius 2 is 1.66 bits per heavy atom. The quantitative estimate of drug-likeness (QED) is 0.681. The zero-order valence-electron chi connectivity index (χ0n) is 17.2. The summed E-state index contributed by atoms with van der Waals surface area (Å²) in [5.74, 6) is -0.280. The highest BCUT2D eigenvalue weighted by Crippen LogP contribution is 2.24. The average Bonchev–Trinajstić information content (AvgIpc) is 2.72. The minimum Gasteiger partial charge on any atom is -0.452 e. The molecule has 3 rings (SSSR count). The van der Waals surface area contributed by atoms with Crippen LogP contribution >= 0.6 is 0 Å². The van der Waals surface area contributed by atoms with Crippen LogP contribution < -0.4 is 0 Å². The monoisotopic (exact) mass is 422 g/mol. The number of carbonyl (C=O) groups is 2. The molecular formula is C21H30N2O5S. The number of ether oxygens (including phenoxy) is 1. The van der Waals surface area contributed by atoms with Crippen LogP contribution in [-0.4, -0.2) is 61.8 Å². The summed E-state index contributed by atoms with van der Waals surface area (Å²) in [5, 5.41) is 0. The van der Waals surface area contributed by atoms with Crippen molar-refractivity contribution < 1.29 is 22.7 Å². The molecule has 0 aliphatic carbocycles. The second-order valence-electron chi connectivity index (χ2n) is 8.12. The number of esters is 1. The van der Waals surface area contributed by atoms with Gasteiger partial charge in [0.05, 0.1) is 10.5 Å². The molecule has 2 aliphatic rings. The Labute approximate surface area is 173 Å². The van der Waals surface area contributed by atoms with Gasteiger partial charge in [-0.3, -0.25) is 4.79 Å². The van der Waals surface area contributed by atoms with E-state index in [0.29, 0.717) is 25.6 Å². The van der Waals surface area contributed by atoms with Gasteiger partial charge in [-0.2, -0.15) is 4.31 Å². The second-order valence-corrected chi connectivity index (χ2v) is 10.1. The van der Waals surface area contributed by atoms with Crippen molar-refractivity contribution in [3.8, 4) is 0 Å². The molecule has 0 spiro atoms. The molecule has 8 heteroatoms. The maximum absolute atomic E-state index is 12.8. The number of hydrogen-bond acceptors (Lipinski definition) is 5. The van der Waals surface area contributed by atoms with Gasteiger partial charge in [0.1, 0.15) is 0 Å². The summed E-state index contributed by atoms with van der Waals surface area (Å²) in [7, 11) is -3.55. The Morgan fingerprint density at radius 3 is 2.28 bits per heavy atom. The van der Waals surface area contributed by atoms with Crippen molar-refractivity contribution in [2.24, 2.45) is 5.92 Å². The number of sulfonamides is 1. The summed E-state index contributed by atoms with van der Waals surface area (Å²) in [6.45, 7) is 5.56. The lowest BCUT2D eigenvalue weighted by Gasteiger charge is -2.33. The molecule has 0 aromatic heterocycles. The largest absolute Gasteiger partial charge is 0.452 e. The number of carbonyl (C=O) groups excluding carboxylic acids is 2. The van der Waals surface area contributed by atoms with Crippen LogP contribution in [-0.2, 0) is 19.6 Å². The Hall–Kier alpha value is -1.93. The van der Waals surface area contributed by atoms with E-state index in [1.807, 2.05) is 6.92 Å². The van der Waals surface area contributed by atoms with Gasteiger partial charge in [0.25, 0.3) is 5.91 Å². The van der Waals surface area contributed by atoms with Crippen LogP contribution in [0, 0.1) is 5.92 Å². The fourth-order valence-electron chi connectivity index (χ4n) is 3.90. The van der Waals surface area contributed by atoms with E-state index in [-0.39, 0.29) is 29.0 Å². The van der Waals surface area contributed by atoms with E-state index in [9.17, 15) is 18.0 Å². The predicted molar refractivity (Wildman–Crippen MR) is 109 cm³/mol. The third-order valence-electron chi connectivity index (χ3n) is 5.92. The lowest BCUT2D eigenvalue weighted by atomic mass is 10.0. The first-order chi connectivity index (χ1) is 13.8. The number of benzene rings is 1. The van der Waals surface area contributed by atoms with Crippen molar-refractivity contribution in [1.29, 1.82) is 0 Å². The number of hydrogen-bond donors (Lipinski definition) is 0. The van der Waals surface area contributed by atoms with Crippen molar-refractivity contribution >= 4 is 21.9 Å². The van der Waals surface area contributed by atoms with Gasteiger partial charge in [-0.25, -0.2) is 13.2 Å². The van der Waals surface area contributed by atoms with Gasteiger partial charge in [0.15, 0.2) is 6.61 Å². The van der Waals surface area contributed by atoms with Gasteiger partial charge in [0, 0.05) is 25.7 Å². The first kappa shape index (κ1) is 21.8. The molecule has 0 bridgehead atoms. The minimum absolute atomic E-state index is 0.164. The van der Waals surface area contributed by atoms with Crippen LogP contribution in [0.3, 0.4) is 0 Å². The summed E-state index contributed by atoms with van der Waals surface area (Å²) in [4.78, 5) is 26.5. The first-order valence-corrected chi connectivity index (χ1v) is 11.8. The molecule has 1 aromatic rings. The molecule has 2 fully saturated rings. The molecule has 1 amide bonds. The van der Waals surface area contributed by atoms with E-state index < -0.39 is 16.0 Å². The van der Waals surface area contributed by atoms with Crippen molar-refractivity contribution in [3.63, 3.8) is 0 Å². The topological polar surface area (TPSA) is 84.0 Å². The number of likely N-dealkylation sites (tertiary alicyclic amines) is 1. The average molecular weight is 423 g/mol. The Morgan fingerprint density at radius 1 is 1.00 bits per heavy atom. The smallest absolute Gasteiger partial charge is 0.338 e. The van der Waals surface area contributed by atoms with E-state index in [2.05, 4.69) is 6.92 Å². The highest BCUT2D eigenvalue weighted by atomic mass is 32.2. The summed E-state index contributed by atoms with van der Waals surface area (Å²) in [6.07, 6.45) is 4.75. The molecule has 2 heterocycles. The molecule has 1 unspecified atom stereocenters. The lowest BCUT2D eigenvalue weighted by Crippen LogP contribution is -2.44. The van der Waals surface area contributed by atoms with Gasteiger partial charge in [-0.05, 0) is 69.2 Å². The van der Waals surface area contributed by atoms with Crippen LogP contribution in [0.5, 0.6) is 0 Å². The zero-order chi connectivity index (χ0) is 21.0. The van der Waals surface area contributed by atoms with Gasteiger partial charge in [0.2, 0.25) is 10.0 Å². The van der Waals surface area contributed by atoms with Crippen LogP contribution in [0.25, 0.3) is 0 Å². The molecule has 1 atom stereocenters. The molecule has 2 saturated heterocycles. The van der Waals surface area contributed by atoms with Gasteiger partial charge >= 0.3 is 5.97 Å². The van der Waals surface area contributed by atoms with Gasteiger partial charge in [-0.1, -0.05) is 6.92 Å². The third kappa shape index (κ3) is 5.17. The molecule has 1 aromatic carbocycles. The number of amides is 1. The Bertz CT molecular complexity index is 829. The third-order valence-corrected chi connectivity index (χ3v) is 7.83. The van der Waals surface area contributed by atoms with E-state index in [1.54, 1.807) is 4.90 Å². The van der Waals surface area contributed by atoms with Crippen molar-refractivity contribution in [2.45, 2.75) is 56.9 Å². The minimum atomic E-state index is -3.55. The molecule has 0 saturated carbocycles. The zero-order valence-corrected chi connectivity index (χ0v) is 18.0. The van der Waals surface area contributed by atoms with Crippen molar-refractivity contribution in [1.82, 2.24) is 9.21 Å². The van der Waals surface area contributed by atoms with Gasteiger partial charge < -0.3 is 9.64 Å². The van der Waals surface area contributed by atoms with E-state index >= 15 is 0 Å². The molecular weight excluding hydrogens is 392 g/mol. The van der Waals surface area contributed by atoms with Crippen LogP contribution in [0.4, 0.5) is 0 Å². The molecule has 29 heavy (non-hydrogen) atoms. The van der Waals surface area contributed by atoms with E-state index in [1.165, 1.54) is 28.6 Å². The lowest BCUT2D eigenvalue weighted by molar-refractivity contribution is -0.137. The molecule has 7 nitrogen and oxygen atoms in total. The summed E-state index contributed by atoms with van der Waals surface area (Å²) < 4.78 is 32.2. The fraction of sp³-hybridized carbons (Fsp3) is 0.619. The Kier molecular flexibility index (Phi) is 6.95. The maximum Gasteiger partial charge on any atom is 0.338 e. The SMILES string of the molecule is CC1CCN(S(=O)(=O)c2ccc(C(=O)OCC(=O)N3CCCCC3C)cc2)CC1. The number of rotatable bonds is 5. The highest BCUT2D eigenvalue weighted by molar-refractivity contribution is 7.89. The number of piperidine rings is 2. The Balaban J connectivity index is 1.58. The van der Waals surface area contributed by atoms with E-state index in [0.717, 1.165) is 32.1 Å². The highest BCUT2D eigenvalue weighted by Gasteiger charge is 2.28. The summed E-state index contributed by atoms with van der Waals surface area (Å²) in [5.41, 5.74) is 0.232. The van der Waals surface area contributed by atoms with Crippen LogP contribution in [0.15, 0.2) is 29.2 Å². The summed E-state index contributed by atoms with van der Waals surface area (Å²) in [6, 6.07) is 5.90.